The van der Waals surface area contributed by atoms with Crippen molar-refractivity contribution in [2.75, 3.05) is 66.9 Å². The number of aromatic nitrogens is 4. The van der Waals surface area contributed by atoms with E-state index >= 15 is 0 Å². The molecule has 1 fully saturated rings. The van der Waals surface area contributed by atoms with E-state index in [2.05, 4.69) is 102 Å². The monoisotopic (exact) mass is 651 g/mol. The van der Waals surface area contributed by atoms with Crippen molar-refractivity contribution < 1.29 is 4.74 Å². The van der Waals surface area contributed by atoms with Crippen molar-refractivity contribution >= 4 is 73.4 Å². The summed E-state index contributed by atoms with van der Waals surface area (Å²) in [6, 6.07) is 8.85. The molecule has 1 aliphatic heterocycles. The molecule has 2 aromatic heterocycles. The Bertz CT molecular complexity index is 1540. The molecule has 1 saturated heterocycles. The van der Waals surface area contributed by atoms with E-state index in [1.54, 1.807) is 37.6 Å². The lowest BCUT2D eigenvalue weighted by Gasteiger charge is -2.37. The number of rotatable bonds is 10. The molecule has 0 atom stereocenters. The first-order valence-corrected chi connectivity index (χ1v) is 16.0. The summed E-state index contributed by atoms with van der Waals surface area (Å²) in [6.45, 7) is 7.11. The molecule has 0 amide bonds. The van der Waals surface area contributed by atoms with Crippen LogP contribution in [-0.2, 0) is 0 Å². The van der Waals surface area contributed by atoms with Crippen LogP contribution in [0.5, 0.6) is 5.75 Å². The van der Waals surface area contributed by atoms with E-state index in [1.807, 2.05) is 12.1 Å². The third-order valence-electron chi connectivity index (χ3n) is 7.67. The molecule has 222 valence electrons. The van der Waals surface area contributed by atoms with Crippen LogP contribution >= 0.6 is 27.9 Å². The summed E-state index contributed by atoms with van der Waals surface area (Å²) in [5.74, 6) is 1.84. The van der Waals surface area contributed by atoms with Crippen molar-refractivity contribution in [1.29, 1.82) is 0 Å². The number of halogens is 1. The van der Waals surface area contributed by atoms with E-state index in [0.717, 1.165) is 70.8 Å². The van der Waals surface area contributed by atoms with Crippen LogP contribution in [0, 0.1) is 6.92 Å². The Morgan fingerprint density at radius 1 is 1.07 bits per heavy atom. The standard InChI is InChI=1S/C30H38BrN9OS/c1-7-40(42-6)28-23(9-8-22-27(28)33-13-12-32-22)35-29-21(31)18-34-30(37-29)36-24-16-19(2)25(17-26(24)41-5)39-14-10-20(11-15-39)38(3)4/h8-9,12-13,16-18,20H,7,10-11,14-15H2,1-6H3,(H2,34,35,36,37). The maximum Gasteiger partial charge on any atom is 0.229 e. The van der Waals surface area contributed by atoms with E-state index in [9.17, 15) is 0 Å². The zero-order chi connectivity index (χ0) is 29.8. The Balaban J connectivity index is 1.42. The van der Waals surface area contributed by atoms with E-state index in [1.165, 1.54) is 11.3 Å². The van der Waals surface area contributed by atoms with Crippen LogP contribution in [0.4, 0.5) is 34.5 Å². The van der Waals surface area contributed by atoms with Gasteiger partial charge < -0.3 is 29.5 Å². The van der Waals surface area contributed by atoms with Gasteiger partial charge in [0.15, 0.2) is 0 Å². The normalized spacial score (nSPS) is 14.0. The number of piperidine rings is 1. The minimum absolute atomic E-state index is 0.456. The number of nitrogens with zero attached hydrogens (tertiary/aromatic N) is 7. The Labute approximate surface area is 260 Å². The molecule has 2 N–H and O–H groups in total. The number of ether oxygens (including phenoxy) is 1. The topological polar surface area (TPSA) is 94.6 Å². The predicted molar refractivity (Wildman–Crippen MR) is 179 cm³/mol. The first kappa shape index (κ1) is 30.1. The number of hydrogen-bond donors (Lipinski definition) is 2. The lowest BCUT2D eigenvalue weighted by molar-refractivity contribution is 0.249. The number of aryl methyl sites for hydroxylation is 1. The number of hydrogen-bond acceptors (Lipinski definition) is 11. The molecule has 4 aromatic rings. The summed E-state index contributed by atoms with van der Waals surface area (Å²) in [7, 11) is 6.03. The summed E-state index contributed by atoms with van der Waals surface area (Å²) in [5.41, 5.74) is 6.69. The number of benzene rings is 2. The van der Waals surface area contributed by atoms with Crippen molar-refractivity contribution in [3.63, 3.8) is 0 Å². The van der Waals surface area contributed by atoms with Gasteiger partial charge in [0, 0.05) is 62.3 Å². The molecule has 0 spiro atoms. The maximum atomic E-state index is 5.82. The molecule has 10 nitrogen and oxygen atoms in total. The molecule has 3 heterocycles. The van der Waals surface area contributed by atoms with E-state index in [4.69, 9.17) is 9.72 Å². The van der Waals surface area contributed by atoms with Crippen molar-refractivity contribution in [1.82, 2.24) is 24.8 Å². The smallest absolute Gasteiger partial charge is 0.229 e. The van der Waals surface area contributed by atoms with Crippen LogP contribution in [0.2, 0.25) is 0 Å². The predicted octanol–water partition coefficient (Wildman–Crippen LogP) is 6.62. The minimum atomic E-state index is 0.456. The molecule has 12 heteroatoms. The Morgan fingerprint density at radius 3 is 2.52 bits per heavy atom. The van der Waals surface area contributed by atoms with E-state index < -0.39 is 0 Å². The third-order valence-corrected chi connectivity index (χ3v) is 9.13. The van der Waals surface area contributed by atoms with Crippen molar-refractivity contribution in [3.05, 3.63) is 52.9 Å². The Morgan fingerprint density at radius 2 is 1.83 bits per heavy atom. The van der Waals surface area contributed by atoms with Gasteiger partial charge in [0.05, 0.1) is 34.2 Å². The molecule has 0 bridgehead atoms. The molecular formula is C30H38BrN9OS. The summed E-state index contributed by atoms with van der Waals surface area (Å²) >= 11 is 5.27. The number of nitrogens with one attached hydrogen (secondary N) is 2. The summed E-state index contributed by atoms with van der Waals surface area (Å²) < 4.78 is 8.75. The molecule has 42 heavy (non-hydrogen) atoms. The molecule has 1 aliphatic rings. The van der Waals surface area contributed by atoms with Gasteiger partial charge in [-0.3, -0.25) is 9.97 Å². The highest BCUT2D eigenvalue weighted by molar-refractivity contribution is 9.10. The molecule has 0 saturated carbocycles. The van der Waals surface area contributed by atoms with Gasteiger partial charge in [-0.05, 0) is 80.5 Å². The summed E-state index contributed by atoms with van der Waals surface area (Å²) in [6.07, 6.45) is 9.53. The van der Waals surface area contributed by atoms with Crippen LogP contribution < -0.4 is 24.6 Å². The summed E-state index contributed by atoms with van der Waals surface area (Å²) in [4.78, 5) is 23.3. The largest absolute Gasteiger partial charge is 0.494 e. The second-order valence-corrected chi connectivity index (χ2v) is 12.1. The average Bonchev–Trinajstić information content (AvgIpc) is 3.00. The van der Waals surface area contributed by atoms with E-state index in [-0.39, 0.29) is 0 Å². The number of anilines is 6. The van der Waals surface area contributed by atoms with Gasteiger partial charge in [0.2, 0.25) is 5.95 Å². The molecule has 0 unspecified atom stereocenters. The minimum Gasteiger partial charge on any atom is -0.494 e. The van der Waals surface area contributed by atoms with Crippen LogP contribution in [0.25, 0.3) is 11.0 Å². The average molecular weight is 653 g/mol. The molecule has 2 aromatic carbocycles. The first-order chi connectivity index (χ1) is 20.3. The molecule has 0 aliphatic carbocycles. The van der Waals surface area contributed by atoms with Gasteiger partial charge in [-0.2, -0.15) is 4.98 Å². The SMILES string of the molecule is CCN(SC)c1c(Nc2nc(Nc3cc(C)c(N4CCC(N(C)C)CC4)cc3OC)ncc2Br)ccc2nccnc12. The highest BCUT2D eigenvalue weighted by Gasteiger charge is 2.23. The zero-order valence-electron chi connectivity index (χ0n) is 25.0. The van der Waals surface area contributed by atoms with Gasteiger partial charge in [-0.15, -0.1) is 0 Å². The second kappa shape index (κ2) is 13.3. The fourth-order valence-corrected chi connectivity index (χ4v) is 6.34. The highest BCUT2D eigenvalue weighted by atomic mass is 79.9. The van der Waals surface area contributed by atoms with Crippen LogP contribution in [0.15, 0.2) is 47.3 Å². The second-order valence-electron chi connectivity index (χ2n) is 10.4. The maximum absolute atomic E-state index is 5.82. The fourth-order valence-electron chi connectivity index (χ4n) is 5.42. The number of fused-ring (bicyclic) bond motifs is 1. The van der Waals surface area contributed by atoms with E-state index in [0.29, 0.717) is 17.8 Å². The van der Waals surface area contributed by atoms with Crippen molar-refractivity contribution in [2.24, 2.45) is 0 Å². The van der Waals surface area contributed by atoms with Gasteiger partial charge in [0.1, 0.15) is 17.1 Å². The van der Waals surface area contributed by atoms with Gasteiger partial charge in [-0.1, -0.05) is 11.9 Å². The number of methoxy groups -OCH3 is 1. The Hall–Kier alpha value is -3.35. The van der Waals surface area contributed by atoms with Crippen molar-refractivity contribution in [3.8, 4) is 5.75 Å². The fraction of sp³-hybridized carbons (Fsp3) is 0.400. The van der Waals surface area contributed by atoms with Crippen LogP contribution in [-0.4, -0.2) is 78.0 Å². The Kier molecular flexibility index (Phi) is 9.54. The molecule has 0 radical (unpaired) electrons. The quantitative estimate of drug-likeness (QED) is 0.181. The van der Waals surface area contributed by atoms with Crippen LogP contribution in [0.3, 0.4) is 0 Å². The van der Waals surface area contributed by atoms with Crippen LogP contribution in [0.1, 0.15) is 25.3 Å². The van der Waals surface area contributed by atoms with Gasteiger partial charge >= 0.3 is 0 Å². The lowest BCUT2D eigenvalue weighted by atomic mass is 10.0. The summed E-state index contributed by atoms with van der Waals surface area (Å²) in [5, 5.41) is 6.90. The van der Waals surface area contributed by atoms with Crippen molar-refractivity contribution in [2.45, 2.75) is 32.7 Å². The van der Waals surface area contributed by atoms with Gasteiger partial charge in [-0.25, -0.2) is 4.98 Å². The first-order valence-electron chi connectivity index (χ1n) is 14.0. The third kappa shape index (κ3) is 6.35. The van der Waals surface area contributed by atoms with Gasteiger partial charge in [0.25, 0.3) is 0 Å². The molecular weight excluding hydrogens is 614 g/mol. The highest BCUT2D eigenvalue weighted by Crippen LogP contribution is 2.39. The molecule has 5 rings (SSSR count). The zero-order valence-corrected chi connectivity index (χ0v) is 27.4. The lowest BCUT2D eigenvalue weighted by Crippen LogP contribution is -2.42.